The summed E-state index contributed by atoms with van der Waals surface area (Å²) in [6.07, 6.45) is 1.28. The van der Waals surface area contributed by atoms with E-state index in [1.165, 1.54) is 6.07 Å². The summed E-state index contributed by atoms with van der Waals surface area (Å²) in [5.41, 5.74) is -0.206. The van der Waals surface area contributed by atoms with Gasteiger partial charge < -0.3 is 10.0 Å². The molecule has 0 saturated carbocycles. The van der Waals surface area contributed by atoms with Crippen molar-refractivity contribution in [3.63, 3.8) is 0 Å². The highest BCUT2D eigenvalue weighted by molar-refractivity contribution is 5.72. The summed E-state index contributed by atoms with van der Waals surface area (Å²) < 4.78 is 14.4. The van der Waals surface area contributed by atoms with Gasteiger partial charge in [0.15, 0.2) is 5.82 Å². The van der Waals surface area contributed by atoms with Crippen LogP contribution in [-0.2, 0) is 11.3 Å². The first kappa shape index (κ1) is 10.3. The van der Waals surface area contributed by atoms with Gasteiger partial charge in [0.05, 0.1) is 6.54 Å². The van der Waals surface area contributed by atoms with E-state index < -0.39 is 11.4 Å². The van der Waals surface area contributed by atoms with Crippen molar-refractivity contribution in [3.8, 4) is 0 Å². The lowest BCUT2D eigenvalue weighted by Crippen LogP contribution is -2.31. The van der Waals surface area contributed by atoms with Crippen molar-refractivity contribution in [1.82, 2.24) is 4.57 Å². The lowest BCUT2D eigenvalue weighted by Gasteiger charge is -2.06. The molecule has 0 saturated heterocycles. The van der Waals surface area contributed by atoms with Gasteiger partial charge in [0.2, 0.25) is 11.7 Å². The van der Waals surface area contributed by atoms with Crippen LogP contribution in [0.25, 0.3) is 11.0 Å². The standard InChI is InChI=1S/C10H7FN2O3/c11-7-5-9-8(13(16)6-7)1-2-10(15)12(9)3-4-14/h1-2,4-6H,3H2. The zero-order valence-corrected chi connectivity index (χ0v) is 8.09. The van der Waals surface area contributed by atoms with Gasteiger partial charge in [-0.05, 0) is 0 Å². The van der Waals surface area contributed by atoms with Crippen LogP contribution in [0.1, 0.15) is 0 Å². The smallest absolute Gasteiger partial charge is 0.251 e. The van der Waals surface area contributed by atoms with Crippen LogP contribution in [-0.4, -0.2) is 10.9 Å². The minimum absolute atomic E-state index is 0.106. The van der Waals surface area contributed by atoms with E-state index in [9.17, 15) is 19.2 Å². The Morgan fingerprint density at radius 1 is 1.50 bits per heavy atom. The number of nitrogens with zero attached hydrogens (tertiary/aromatic N) is 2. The molecule has 0 atom stereocenters. The summed E-state index contributed by atoms with van der Waals surface area (Å²) in [4.78, 5) is 21.8. The molecule has 0 fully saturated rings. The number of halogens is 1. The molecule has 82 valence electrons. The minimum Gasteiger partial charge on any atom is -0.618 e. The fourth-order valence-electron chi connectivity index (χ4n) is 1.53. The molecule has 16 heavy (non-hydrogen) atoms. The van der Waals surface area contributed by atoms with E-state index >= 15 is 0 Å². The van der Waals surface area contributed by atoms with Gasteiger partial charge in [0.1, 0.15) is 11.8 Å². The summed E-state index contributed by atoms with van der Waals surface area (Å²) in [7, 11) is 0. The summed E-state index contributed by atoms with van der Waals surface area (Å²) >= 11 is 0. The van der Waals surface area contributed by atoms with Crippen LogP contribution in [0.4, 0.5) is 4.39 Å². The number of carbonyl (C=O) groups excluding carboxylic acids is 1. The maximum atomic E-state index is 13.0. The lowest BCUT2D eigenvalue weighted by molar-refractivity contribution is -0.578. The van der Waals surface area contributed by atoms with Gasteiger partial charge in [-0.25, -0.2) is 4.39 Å². The first-order valence-corrected chi connectivity index (χ1v) is 4.49. The Balaban J connectivity index is 2.91. The number of aldehydes is 1. The molecule has 0 aliphatic carbocycles. The Hall–Kier alpha value is -2.24. The lowest BCUT2D eigenvalue weighted by atomic mass is 10.3. The molecule has 2 rings (SSSR count). The number of pyridine rings is 2. The van der Waals surface area contributed by atoms with Gasteiger partial charge in [-0.15, -0.1) is 0 Å². The Kier molecular flexibility index (Phi) is 2.40. The highest BCUT2D eigenvalue weighted by Crippen LogP contribution is 2.08. The van der Waals surface area contributed by atoms with Crippen LogP contribution in [0.3, 0.4) is 0 Å². The Morgan fingerprint density at radius 3 is 2.94 bits per heavy atom. The van der Waals surface area contributed by atoms with E-state index in [1.54, 1.807) is 0 Å². The molecule has 2 aromatic rings. The Labute approximate surface area is 88.9 Å². The maximum Gasteiger partial charge on any atom is 0.251 e. The van der Waals surface area contributed by atoms with Crippen molar-refractivity contribution < 1.29 is 13.9 Å². The van der Waals surface area contributed by atoms with Crippen molar-refractivity contribution in [2.45, 2.75) is 6.54 Å². The molecular weight excluding hydrogens is 215 g/mol. The van der Waals surface area contributed by atoms with E-state index in [4.69, 9.17) is 0 Å². The van der Waals surface area contributed by atoms with Gasteiger partial charge in [-0.1, -0.05) is 0 Å². The van der Waals surface area contributed by atoms with Crippen LogP contribution in [0.2, 0.25) is 0 Å². The van der Waals surface area contributed by atoms with E-state index in [0.29, 0.717) is 11.0 Å². The number of aromatic nitrogens is 2. The van der Waals surface area contributed by atoms with Gasteiger partial charge in [-0.3, -0.25) is 9.36 Å². The molecule has 6 heteroatoms. The van der Waals surface area contributed by atoms with Crippen LogP contribution >= 0.6 is 0 Å². The number of carbonyl (C=O) groups is 1. The van der Waals surface area contributed by atoms with Crippen LogP contribution < -0.4 is 10.3 Å². The summed E-state index contributed by atoms with van der Waals surface area (Å²) in [6, 6.07) is 3.51. The highest BCUT2D eigenvalue weighted by atomic mass is 19.1. The zero-order valence-electron chi connectivity index (χ0n) is 8.09. The molecule has 0 unspecified atom stereocenters. The van der Waals surface area contributed by atoms with Crippen LogP contribution in [0, 0.1) is 11.0 Å². The van der Waals surface area contributed by atoms with Gasteiger partial charge in [-0.2, -0.15) is 4.73 Å². The fraction of sp³-hybridized carbons (Fsp3) is 0.100. The molecule has 0 bridgehead atoms. The zero-order chi connectivity index (χ0) is 11.7. The fourth-order valence-corrected chi connectivity index (χ4v) is 1.53. The minimum atomic E-state index is -0.757. The van der Waals surface area contributed by atoms with E-state index in [0.717, 1.165) is 22.9 Å². The first-order chi connectivity index (χ1) is 7.63. The second-order valence-corrected chi connectivity index (χ2v) is 3.20. The van der Waals surface area contributed by atoms with Crippen LogP contribution in [0.5, 0.6) is 0 Å². The molecule has 0 amide bonds. The average Bonchev–Trinajstić information content (AvgIpc) is 2.22. The number of rotatable bonds is 2. The van der Waals surface area contributed by atoms with Gasteiger partial charge in [0.25, 0.3) is 5.56 Å². The average molecular weight is 222 g/mol. The van der Waals surface area contributed by atoms with Crippen molar-refractivity contribution in [1.29, 1.82) is 0 Å². The molecular formula is C10H7FN2O3. The molecule has 2 heterocycles. The molecule has 2 aromatic heterocycles. The predicted octanol–water partition coefficient (Wildman–Crippen LogP) is -0.0271. The summed E-state index contributed by atoms with van der Waals surface area (Å²) in [5.74, 6) is -0.757. The molecule has 0 spiro atoms. The Bertz CT molecular complexity index is 621. The van der Waals surface area contributed by atoms with Crippen molar-refractivity contribution in [2.24, 2.45) is 0 Å². The topological polar surface area (TPSA) is 66.0 Å². The third-order valence-electron chi connectivity index (χ3n) is 2.21. The maximum absolute atomic E-state index is 13.0. The van der Waals surface area contributed by atoms with Crippen molar-refractivity contribution in [3.05, 3.63) is 45.8 Å². The van der Waals surface area contributed by atoms with E-state index in [-0.39, 0.29) is 17.6 Å². The Morgan fingerprint density at radius 2 is 2.25 bits per heavy atom. The van der Waals surface area contributed by atoms with Crippen LogP contribution in [0.15, 0.2) is 29.2 Å². The SMILES string of the molecule is O=CCn1c(=O)ccc2c1cc(F)c[n+]2[O-]. The number of hydrogen-bond acceptors (Lipinski definition) is 3. The van der Waals surface area contributed by atoms with Gasteiger partial charge >= 0.3 is 0 Å². The van der Waals surface area contributed by atoms with Crippen molar-refractivity contribution in [2.75, 3.05) is 0 Å². The first-order valence-electron chi connectivity index (χ1n) is 4.49. The third kappa shape index (κ3) is 1.54. The van der Waals surface area contributed by atoms with Crippen molar-refractivity contribution >= 4 is 17.3 Å². The normalized spacial score (nSPS) is 10.6. The number of hydrogen-bond donors (Lipinski definition) is 0. The monoisotopic (exact) mass is 222 g/mol. The van der Waals surface area contributed by atoms with E-state index in [2.05, 4.69) is 0 Å². The number of fused-ring (bicyclic) bond motifs is 1. The third-order valence-corrected chi connectivity index (χ3v) is 2.21. The molecule has 0 aromatic carbocycles. The second kappa shape index (κ2) is 3.73. The molecule has 0 aliphatic rings. The largest absolute Gasteiger partial charge is 0.618 e. The predicted molar refractivity (Wildman–Crippen MR) is 53.2 cm³/mol. The summed E-state index contributed by atoms with van der Waals surface area (Å²) in [6.45, 7) is -0.209. The molecule has 0 radical (unpaired) electrons. The molecule has 0 N–H and O–H groups in total. The summed E-state index contributed by atoms with van der Waals surface area (Å²) in [5, 5.41) is 11.3. The van der Waals surface area contributed by atoms with E-state index in [1.807, 2.05) is 0 Å². The quantitative estimate of drug-likeness (QED) is 0.407. The molecule has 0 aliphatic heterocycles. The molecule has 5 nitrogen and oxygen atoms in total. The second-order valence-electron chi connectivity index (χ2n) is 3.20. The highest BCUT2D eigenvalue weighted by Gasteiger charge is 2.11. The van der Waals surface area contributed by atoms with Gasteiger partial charge in [0, 0.05) is 18.2 Å².